The van der Waals surface area contributed by atoms with Crippen LogP contribution in [-0.4, -0.2) is 23.9 Å². The standard InChI is InChI=1S/C15H17FN2O2/c1-11(18(2)10-12-6-5-9-20-12)15(19)17-14-8-4-3-7-13(14)16/h3-9,11H,10H2,1-2H3,(H,17,19)/t11-/m1/s1. The molecule has 1 amide bonds. The number of amides is 1. The van der Waals surface area contributed by atoms with E-state index in [0.29, 0.717) is 6.54 Å². The van der Waals surface area contributed by atoms with Gasteiger partial charge in [0, 0.05) is 0 Å². The summed E-state index contributed by atoms with van der Waals surface area (Å²) in [7, 11) is 1.81. The Labute approximate surface area is 117 Å². The largest absolute Gasteiger partial charge is 0.468 e. The third-order valence-corrected chi connectivity index (χ3v) is 3.16. The molecule has 1 aromatic heterocycles. The fourth-order valence-corrected chi connectivity index (χ4v) is 1.79. The zero-order valence-electron chi connectivity index (χ0n) is 11.5. The number of hydrogen-bond donors (Lipinski definition) is 1. The Morgan fingerprint density at radius 3 is 2.75 bits per heavy atom. The van der Waals surface area contributed by atoms with Crippen molar-refractivity contribution in [2.75, 3.05) is 12.4 Å². The van der Waals surface area contributed by atoms with Crippen LogP contribution in [0.1, 0.15) is 12.7 Å². The van der Waals surface area contributed by atoms with Gasteiger partial charge in [0.25, 0.3) is 0 Å². The van der Waals surface area contributed by atoms with E-state index >= 15 is 0 Å². The molecule has 0 spiro atoms. The maximum absolute atomic E-state index is 13.5. The first-order chi connectivity index (χ1) is 9.58. The van der Waals surface area contributed by atoms with E-state index in [0.717, 1.165) is 5.76 Å². The second-order valence-corrected chi connectivity index (χ2v) is 4.64. The van der Waals surface area contributed by atoms with Crippen molar-refractivity contribution in [2.45, 2.75) is 19.5 Å². The van der Waals surface area contributed by atoms with E-state index in [9.17, 15) is 9.18 Å². The molecule has 1 heterocycles. The Bertz CT molecular complexity index is 569. The minimum atomic E-state index is -0.443. The molecule has 1 N–H and O–H groups in total. The first-order valence-corrected chi connectivity index (χ1v) is 6.36. The van der Waals surface area contributed by atoms with Crippen molar-refractivity contribution in [2.24, 2.45) is 0 Å². The maximum Gasteiger partial charge on any atom is 0.241 e. The highest BCUT2D eigenvalue weighted by molar-refractivity contribution is 5.94. The molecule has 20 heavy (non-hydrogen) atoms. The number of halogens is 1. The number of carbonyl (C=O) groups excluding carboxylic acids is 1. The summed E-state index contributed by atoms with van der Waals surface area (Å²) in [4.78, 5) is 13.9. The molecule has 1 atom stereocenters. The normalized spacial score (nSPS) is 12.4. The van der Waals surface area contributed by atoms with Gasteiger partial charge in [0.1, 0.15) is 11.6 Å². The lowest BCUT2D eigenvalue weighted by molar-refractivity contribution is -0.120. The number of nitrogens with one attached hydrogen (secondary N) is 1. The monoisotopic (exact) mass is 276 g/mol. The van der Waals surface area contributed by atoms with Gasteiger partial charge in [-0.05, 0) is 38.2 Å². The molecule has 0 aliphatic rings. The van der Waals surface area contributed by atoms with E-state index in [-0.39, 0.29) is 11.6 Å². The summed E-state index contributed by atoms with van der Waals surface area (Å²) in [6, 6.07) is 9.34. The molecule has 0 fully saturated rings. The van der Waals surface area contributed by atoms with Crippen molar-refractivity contribution in [3.05, 3.63) is 54.2 Å². The van der Waals surface area contributed by atoms with Crippen LogP contribution in [0.2, 0.25) is 0 Å². The second-order valence-electron chi connectivity index (χ2n) is 4.64. The second kappa shape index (κ2) is 6.34. The van der Waals surface area contributed by atoms with Gasteiger partial charge in [0.15, 0.2) is 0 Å². The van der Waals surface area contributed by atoms with Gasteiger partial charge in [-0.1, -0.05) is 12.1 Å². The van der Waals surface area contributed by atoms with E-state index in [1.54, 1.807) is 31.4 Å². The van der Waals surface area contributed by atoms with Crippen molar-refractivity contribution in [1.82, 2.24) is 4.90 Å². The van der Waals surface area contributed by atoms with E-state index in [4.69, 9.17) is 4.42 Å². The summed E-state index contributed by atoms with van der Waals surface area (Å²) in [6.07, 6.45) is 1.59. The summed E-state index contributed by atoms with van der Waals surface area (Å²) in [5, 5.41) is 2.58. The third kappa shape index (κ3) is 3.45. The van der Waals surface area contributed by atoms with Gasteiger partial charge in [0.05, 0.1) is 24.5 Å². The molecule has 106 valence electrons. The van der Waals surface area contributed by atoms with E-state index in [2.05, 4.69) is 5.32 Å². The fourth-order valence-electron chi connectivity index (χ4n) is 1.79. The molecule has 5 heteroatoms. The zero-order valence-corrected chi connectivity index (χ0v) is 11.5. The van der Waals surface area contributed by atoms with Crippen molar-refractivity contribution >= 4 is 11.6 Å². The Balaban J connectivity index is 1.96. The van der Waals surface area contributed by atoms with Gasteiger partial charge in [0.2, 0.25) is 5.91 Å². The molecular formula is C15H17FN2O2. The number of anilines is 1. The number of carbonyl (C=O) groups is 1. The Morgan fingerprint density at radius 2 is 2.10 bits per heavy atom. The maximum atomic E-state index is 13.5. The van der Waals surface area contributed by atoms with E-state index < -0.39 is 11.9 Å². The zero-order chi connectivity index (χ0) is 14.5. The summed E-state index contributed by atoms with van der Waals surface area (Å²) in [6.45, 7) is 2.28. The molecule has 1 aromatic carbocycles. The molecule has 0 saturated heterocycles. The van der Waals surface area contributed by atoms with Crippen LogP contribution < -0.4 is 5.32 Å². The number of furan rings is 1. The molecule has 2 rings (SSSR count). The molecule has 0 bridgehead atoms. The van der Waals surface area contributed by atoms with Crippen LogP contribution in [0.4, 0.5) is 10.1 Å². The molecule has 0 aliphatic heterocycles. The van der Waals surface area contributed by atoms with Crippen LogP contribution in [0.5, 0.6) is 0 Å². The van der Waals surface area contributed by atoms with Gasteiger partial charge < -0.3 is 9.73 Å². The number of para-hydroxylation sites is 1. The van der Waals surface area contributed by atoms with Crippen molar-refractivity contribution in [3.63, 3.8) is 0 Å². The van der Waals surface area contributed by atoms with Crippen LogP contribution in [0.25, 0.3) is 0 Å². The summed E-state index contributed by atoms with van der Waals surface area (Å²) < 4.78 is 18.7. The van der Waals surface area contributed by atoms with Crippen molar-refractivity contribution < 1.29 is 13.6 Å². The van der Waals surface area contributed by atoms with E-state index in [1.807, 2.05) is 18.0 Å². The average Bonchev–Trinajstić information content (AvgIpc) is 2.93. The molecular weight excluding hydrogens is 259 g/mol. The van der Waals surface area contributed by atoms with E-state index in [1.165, 1.54) is 12.1 Å². The average molecular weight is 276 g/mol. The van der Waals surface area contributed by atoms with Gasteiger partial charge in [-0.3, -0.25) is 9.69 Å². The highest BCUT2D eigenvalue weighted by Crippen LogP contribution is 2.14. The third-order valence-electron chi connectivity index (χ3n) is 3.16. The number of nitrogens with zero attached hydrogens (tertiary/aromatic N) is 1. The van der Waals surface area contributed by atoms with Crippen LogP contribution in [0.15, 0.2) is 47.1 Å². The summed E-state index contributed by atoms with van der Waals surface area (Å²) in [5.74, 6) is 0.0731. The lowest BCUT2D eigenvalue weighted by atomic mass is 10.2. The van der Waals surface area contributed by atoms with Gasteiger partial charge in [-0.25, -0.2) is 4.39 Å². The molecule has 2 aromatic rings. The highest BCUT2D eigenvalue weighted by atomic mass is 19.1. The molecule has 0 radical (unpaired) electrons. The van der Waals surface area contributed by atoms with Gasteiger partial charge >= 0.3 is 0 Å². The molecule has 4 nitrogen and oxygen atoms in total. The summed E-state index contributed by atoms with van der Waals surface area (Å²) in [5.41, 5.74) is 0.191. The van der Waals surface area contributed by atoms with Crippen LogP contribution >= 0.6 is 0 Å². The lowest BCUT2D eigenvalue weighted by Gasteiger charge is -2.22. The lowest BCUT2D eigenvalue weighted by Crippen LogP contribution is -2.39. The minimum absolute atomic E-state index is 0.191. The van der Waals surface area contributed by atoms with Gasteiger partial charge in [-0.2, -0.15) is 0 Å². The Kier molecular flexibility index (Phi) is 4.53. The Morgan fingerprint density at radius 1 is 1.35 bits per heavy atom. The quantitative estimate of drug-likeness (QED) is 0.913. The van der Waals surface area contributed by atoms with Gasteiger partial charge in [-0.15, -0.1) is 0 Å². The molecule has 0 unspecified atom stereocenters. The fraction of sp³-hybridized carbons (Fsp3) is 0.267. The molecule has 0 saturated carbocycles. The smallest absolute Gasteiger partial charge is 0.241 e. The predicted molar refractivity (Wildman–Crippen MR) is 74.7 cm³/mol. The number of rotatable bonds is 5. The Hall–Kier alpha value is -2.14. The minimum Gasteiger partial charge on any atom is -0.468 e. The van der Waals surface area contributed by atoms with Crippen LogP contribution in [-0.2, 0) is 11.3 Å². The van der Waals surface area contributed by atoms with Crippen molar-refractivity contribution in [1.29, 1.82) is 0 Å². The number of hydrogen-bond acceptors (Lipinski definition) is 3. The summed E-state index contributed by atoms with van der Waals surface area (Å²) >= 11 is 0. The molecule has 0 aliphatic carbocycles. The first-order valence-electron chi connectivity index (χ1n) is 6.36. The van der Waals surface area contributed by atoms with Crippen LogP contribution in [0, 0.1) is 5.82 Å². The van der Waals surface area contributed by atoms with Crippen LogP contribution in [0.3, 0.4) is 0 Å². The predicted octanol–water partition coefficient (Wildman–Crippen LogP) is 2.88. The first kappa shape index (κ1) is 14.3. The SMILES string of the molecule is C[C@H](C(=O)Nc1ccccc1F)N(C)Cc1ccco1. The highest BCUT2D eigenvalue weighted by Gasteiger charge is 2.19. The number of likely N-dealkylation sites (N-methyl/N-ethyl adjacent to an activating group) is 1. The topological polar surface area (TPSA) is 45.5 Å². The van der Waals surface area contributed by atoms with Crippen molar-refractivity contribution in [3.8, 4) is 0 Å². The number of benzene rings is 1.